The second-order valence-corrected chi connectivity index (χ2v) is 5.95. The van der Waals surface area contributed by atoms with E-state index in [-0.39, 0.29) is 5.97 Å². The average Bonchev–Trinajstić information content (AvgIpc) is 2.59. The second kappa shape index (κ2) is 9.14. The molecule has 0 saturated carbocycles. The topological polar surface area (TPSA) is 26.3 Å². The Morgan fingerprint density at radius 1 is 0.913 bits per heavy atom. The molecule has 2 aromatic rings. The predicted octanol–water partition coefficient (Wildman–Crippen LogP) is 5.98. The van der Waals surface area contributed by atoms with Crippen LogP contribution in [-0.4, -0.2) is 5.97 Å². The van der Waals surface area contributed by atoms with Gasteiger partial charge in [-0.05, 0) is 48.6 Å². The molecular formula is C21H26O2. The van der Waals surface area contributed by atoms with Crippen molar-refractivity contribution in [1.82, 2.24) is 0 Å². The first kappa shape index (κ1) is 17.3. The van der Waals surface area contributed by atoms with Crippen molar-refractivity contribution in [2.75, 3.05) is 0 Å². The van der Waals surface area contributed by atoms with Gasteiger partial charge in [-0.15, -0.1) is 0 Å². The molecule has 0 N–H and O–H groups in total. The Labute approximate surface area is 139 Å². The highest BCUT2D eigenvalue weighted by molar-refractivity contribution is 5.91. The van der Waals surface area contributed by atoms with Crippen LogP contribution in [0.25, 0.3) is 0 Å². The molecule has 2 rings (SSSR count). The zero-order chi connectivity index (χ0) is 16.5. The monoisotopic (exact) mass is 310 g/mol. The number of benzene rings is 2. The van der Waals surface area contributed by atoms with Gasteiger partial charge in [0.15, 0.2) is 0 Å². The van der Waals surface area contributed by atoms with Gasteiger partial charge in [-0.1, -0.05) is 63.4 Å². The lowest BCUT2D eigenvalue weighted by atomic mass is 9.89. The fourth-order valence-electron chi connectivity index (χ4n) is 2.82. The summed E-state index contributed by atoms with van der Waals surface area (Å²) < 4.78 is 5.37. The maximum Gasteiger partial charge on any atom is 0.343 e. The summed E-state index contributed by atoms with van der Waals surface area (Å²) in [5, 5.41) is 0. The number of ether oxygens (including phenoxy) is 1. The molecule has 0 aliphatic rings. The van der Waals surface area contributed by atoms with E-state index in [1.54, 1.807) is 12.1 Å². The smallest absolute Gasteiger partial charge is 0.343 e. The minimum Gasteiger partial charge on any atom is -0.423 e. The van der Waals surface area contributed by atoms with Crippen molar-refractivity contribution in [1.29, 1.82) is 0 Å². The maximum absolute atomic E-state index is 12.2. The lowest BCUT2D eigenvalue weighted by molar-refractivity contribution is 0.0735. The number of carbonyl (C=O) groups excluding carboxylic acids is 1. The third kappa shape index (κ3) is 5.24. The number of hydrogen-bond donors (Lipinski definition) is 0. The normalized spacial score (nSPS) is 11.9. The van der Waals surface area contributed by atoms with Crippen molar-refractivity contribution in [2.45, 2.75) is 51.9 Å². The van der Waals surface area contributed by atoms with Crippen LogP contribution in [0.3, 0.4) is 0 Å². The summed E-state index contributed by atoms with van der Waals surface area (Å²) in [5.41, 5.74) is 1.93. The van der Waals surface area contributed by atoms with Gasteiger partial charge >= 0.3 is 5.97 Å². The molecule has 2 heteroatoms. The largest absolute Gasteiger partial charge is 0.423 e. The van der Waals surface area contributed by atoms with Crippen molar-refractivity contribution < 1.29 is 9.53 Å². The molecule has 0 heterocycles. The Balaban J connectivity index is 2.03. The number of rotatable bonds is 8. The van der Waals surface area contributed by atoms with Gasteiger partial charge in [-0.3, -0.25) is 0 Å². The molecule has 0 aromatic heterocycles. The molecule has 1 atom stereocenters. The number of para-hydroxylation sites is 1. The molecule has 122 valence electrons. The van der Waals surface area contributed by atoms with E-state index in [0.717, 1.165) is 0 Å². The summed E-state index contributed by atoms with van der Waals surface area (Å²) in [6.45, 7) is 4.45. The Hall–Kier alpha value is -2.09. The van der Waals surface area contributed by atoms with E-state index in [9.17, 15) is 4.79 Å². The molecule has 0 fully saturated rings. The van der Waals surface area contributed by atoms with E-state index in [0.29, 0.717) is 17.2 Å². The lowest BCUT2D eigenvalue weighted by Crippen LogP contribution is -2.08. The Bertz CT molecular complexity index is 587. The molecule has 2 aromatic carbocycles. The maximum atomic E-state index is 12.2. The highest BCUT2D eigenvalue weighted by Gasteiger charge is 2.13. The van der Waals surface area contributed by atoms with Gasteiger partial charge in [-0.25, -0.2) is 4.79 Å². The van der Waals surface area contributed by atoms with Gasteiger partial charge in [0.2, 0.25) is 0 Å². The molecule has 0 bridgehead atoms. The van der Waals surface area contributed by atoms with Gasteiger partial charge < -0.3 is 4.74 Å². The van der Waals surface area contributed by atoms with Crippen LogP contribution in [-0.2, 0) is 0 Å². The molecule has 2 nitrogen and oxygen atoms in total. The van der Waals surface area contributed by atoms with Crippen molar-refractivity contribution in [3.63, 3.8) is 0 Å². The van der Waals surface area contributed by atoms with E-state index in [2.05, 4.69) is 26.0 Å². The first-order chi connectivity index (χ1) is 11.2. The predicted molar refractivity (Wildman–Crippen MR) is 95.0 cm³/mol. The summed E-state index contributed by atoms with van der Waals surface area (Å²) >= 11 is 0. The van der Waals surface area contributed by atoms with E-state index in [1.807, 2.05) is 30.3 Å². The minimum absolute atomic E-state index is 0.302. The Morgan fingerprint density at radius 3 is 2.22 bits per heavy atom. The zero-order valence-electron chi connectivity index (χ0n) is 14.1. The van der Waals surface area contributed by atoms with Crippen molar-refractivity contribution in [3.05, 3.63) is 65.7 Å². The van der Waals surface area contributed by atoms with Crippen LogP contribution >= 0.6 is 0 Å². The quantitative estimate of drug-likeness (QED) is 0.443. The van der Waals surface area contributed by atoms with Crippen molar-refractivity contribution in [3.8, 4) is 5.75 Å². The Morgan fingerprint density at radius 2 is 1.61 bits per heavy atom. The van der Waals surface area contributed by atoms with Gasteiger partial charge in [0.25, 0.3) is 0 Å². The zero-order valence-corrected chi connectivity index (χ0v) is 14.1. The standard InChI is InChI=1S/C21H26O2/c1-3-5-10-17(9-4-2)18-13-15-19(16-14-18)21(22)23-20-11-7-6-8-12-20/h6-8,11-17H,3-5,9-10H2,1-2H3. The summed E-state index contributed by atoms with van der Waals surface area (Å²) in [6, 6.07) is 17.1. The third-order valence-electron chi connectivity index (χ3n) is 4.11. The van der Waals surface area contributed by atoms with Crippen molar-refractivity contribution in [2.24, 2.45) is 0 Å². The van der Waals surface area contributed by atoms with Crippen LogP contribution in [0.4, 0.5) is 0 Å². The molecule has 23 heavy (non-hydrogen) atoms. The second-order valence-electron chi connectivity index (χ2n) is 5.95. The molecule has 0 spiro atoms. The molecule has 0 aliphatic heterocycles. The fourth-order valence-corrected chi connectivity index (χ4v) is 2.82. The molecule has 0 amide bonds. The Kier molecular flexibility index (Phi) is 6.86. The molecule has 1 unspecified atom stereocenters. The summed E-state index contributed by atoms with van der Waals surface area (Å²) in [4.78, 5) is 12.2. The van der Waals surface area contributed by atoms with Crippen LogP contribution in [0, 0.1) is 0 Å². The molecular weight excluding hydrogens is 284 g/mol. The number of esters is 1. The van der Waals surface area contributed by atoms with Crippen LogP contribution in [0.2, 0.25) is 0 Å². The number of unbranched alkanes of at least 4 members (excludes halogenated alkanes) is 1. The molecule has 0 saturated heterocycles. The van der Waals surface area contributed by atoms with E-state index < -0.39 is 0 Å². The fraction of sp³-hybridized carbons (Fsp3) is 0.381. The highest BCUT2D eigenvalue weighted by Crippen LogP contribution is 2.27. The first-order valence-electron chi connectivity index (χ1n) is 8.61. The SMILES string of the molecule is CCCCC(CCC)c1ccc(C(=O)Oc2ccccc2)cc1. The van der Waals surface area contributed by atoms with Gasteiger partial charge in [0.05, 0.1) is 5.56 Å². The van der Waals surface area contributed by atoms with Crippen LogP contribution in [0.1, 0.15) is 67.8 Å². The van der Waals surface area contributed by atoms with Crippen molar-refractivity contribution >= 4 is 5.97 Å². The third-order valence-corrected chi connectivity index (χ3v) is 4.11. The van der Waals surface area contributed by atoms with E-state index in [1.165, 1.54) is 37.7 Å². The minimum atomic E-state index is -0.302. The van der Waals surface area contributed by atoms with Gasteiger partial charge in [-0.2, -0.15) is 0 Å². The average molecular weight is 310 g/mol. The van der Waals surface area contributed by atoms with Gasteiger partial charge in [0, 0.05) is 0 Å². The van der Waals surface area contributed by atoms with Crippen LogP contribution in [0.15, 0.2) is 54.6 Å². The highest BCUT2D eigenvalue weighted by atomic mass is 16.5. The summed E-state index contributed by atoms with van der Waals surface area (Å²) in [5.74, 6) is 0.871. The van der Waals surface area contributed by atoms with Crippen LogP contribution < -0.4 is 4.74 Å². The summed E-state index contributed by atoms with van der Waals surface area (Å²) in [6.07, 6.45) is 6.09. The number of hydrogen-bond acceptors (Lipinski definition) is 2. The molecule has 0 radical (unpaired) electrons. The van der Waals surface area contributed by atoms with Crippen LogP contribution in [0.5, 0.6) is 5.75 Å². The molecule has 0 aliphatic carbocycles. The van der Waals surface area contributed by atoms with E-state index >= 15 is 0 Å². The number of carbonyl (C=O) groups is 1. The lowest BCUT2D eigenvalue weighted by Gasteiger charge is -2.16. The summed E-state index contributed by atoms with van der Waals surface area (Å²) in [7, 11) is 0. The van der Waals surface area contributed by atoms with Gasteiger partial charge in [0.1, 0.15) is 5.75 Å². The van der Waals surface area contributed by atoms with E-state index in [4.69, 9.17) is 4.74 Å². The first-order valence-corrected chi connectivity index (χ1v) is 8.61.